The molecular weight excluding hydrogens is 190 g/mol. The lowest BCUT2D eigenvalue weighted by atomic mass is 10.2. The van der Waals surface area contributed by atoms with Gasteiger partial charge in [0.1, 0.15) is 5.76 Å². The fourth-order valence-electron chi connectivity index (χ4n) is 1.47. The van der Waals surface area contributed by atoms with Crippen molar-refractivity contribution in [3.05, 3.63) is 41.5 Å². The number of hydrogen-bond donors (Lipinski definition) is 1. The molecule has 0 atom stereocenters. The van der Waals surface area contributed by atoms with Gasteiger partial charge >= 0.3 is 0 Å². The molecule has 78 valence electrons. The molecule has 0 aromatic carbocycles. The highest BCUT2D eigenvalue weighted by Gasteiger charge is 2.07. The van der Waals surface area contributed by atoms with Gasteiger partial charge in [-0.15, -0.1) is 0 Å². The largest absolute Gasteiger partial charge is 0.429 e. The van der Waals surface area contributed by atoms with Gasteiger partial charge in [0, 0.05) is 18.3 Å². The van der Waals surface area contributed by atoms with E-state index in [1.807, 2.05) is 25.1 Å². The molecule has 0 saturated heterocycles. The molecule has 4 nitrogen and oxygen atoms in total. The average molecular weight is 203 g/mol. The highest BCUT2D eigenvalue weighted by molar-refractivity contribution is 5.19. The third-order valence-corrected chi connectivity index (χ3v) is 2.24. The Hall–Kier alpha value is -1.84. The number of aryl methyl sites for hydroxylation is 3. The van der Waals surface area contributed by atoms with Crippen LogP contribution in [-0.2, 0) is 12.8 Å². The summed E-state index contributed by atoms with van der Waals surface area (Å²) in [7, 11) is 0. The van der Waals surface area contributed by atoms with Crippen molar-refractivity contribution in [2.45, 2.75) is 19.8 Å². The fraction of sp³-hybridized carbons (Fsp3) is 0.273. The quantitative estimate of drug-likeness (QED) is 0.825. The summed E-state index contributed by atoms with van der Waals surface area (Å²) in [4.78, 5) is 8.25. The minimum atomic E-state index is 0.239. The molecule has 15 heavy (non-hydrogen) atoms. The Kier molecular flexibility index (Phi) is 2.67. The Morgan fingerprint density at radius 1 is 1.33 bits per heavy atom. The minimum absolute atomic E-state index is 0.239. The number of nitrogen functional groups attached to an aromatic ring is 1. The number of anilines is 1. The first-order valence-electron chi connectivity index (χ1n) is 4.87. The van der Waals surface area contributed by atoms with E-state index >= 15 is 0 Å². The summed E-state index contributed by atoms with van der Waals surface area (Å²) in [6.07, 6.45) is 3.42. The van der Waals surface area contributed by atoms with Crippen LogP contribution < -0.4 is 5.73 Å². The second-order valence-corrected chi connectivity index (χ2v) is 3.38. The maximum Gasteiger partial charge on any atom is 0.292 e. The molecule has 4 heteroatoms. The molecule has 2 aromatic rings. The molecule has 0 bridgehead atoms. The molecule has 0 fully saturated rings. The van der Waals surface area contributed by atoms with Gasteiger partial charge in [-0.25, -0.2) is 0 Å². The Morgan fingerprint density at radius 3 is 2.80 bits per heavy atom. The summed E-state index contributed by atoms with van der Waals surface area (Å²) in [6.45, 7) is 1.90. The van der Waals surface area contributed by atoms with Gasteiger partial charge in [0.05, 0.1) is 5.69 Å². The summed E-state index contributed by atoms with van der Waals surface area (Å²) >= 11 is 0. The molecule has 0 spiro atoms. The van der Waals surface area contributed by atoms with Crippen LogP contribution in [0.15, 0.2) is 28.8 Å². The predicted molar refractivity (Wildman–Crippen MR) is 57.3 cm³/mol. The lowest BCUT2D eigenvalue weighted by molar-refractivity contribution is 0.518. The lowest BCUT2D eigenvalue weighted by Gasteiger charge is -1.97. The third-order valence-electron chi connectivity index (χ3n) is 2.24. The van der Waals surface area contributed by atoms with Gasteiger partial charge in [0.25, 0.3) is 6.01 Å². The molecule has 0 radical (unpaired) electrons. The van der Waals surface area contributed by atoms with Crippen molar-refractivity contribution >= 4 is 6.01 Å². The maximum atomic E-state index is 5.45. The molecule has 0 amide bonds. The highest BCUT2D eigenvalue weighted by atomic mass is 16.4. The Labute approximate surface area is 88.2 Å². The van der Waals surface area contributed by atoms with Crippen molar-refractivity contribution in [1.82, 2.24) is 9.97 Å². The molecule has 0 aliphatic rings. The van der Waals surface area contributed by atoms with Crippen LogP contribution in [0.25, 0.3) is 0 Å². The fourth-order valence-corrected chi connectivity index (χ4v) is 1.47. The van der Waals surface area contributed by atoms with Crippen LogP contribution >= 0.6 is 0 Å². The van der Waals surface area contributed by atoms with Gasteiger partial charge < -0.3 is 10.2 Å². The number of oxazole rings is 1. The zero-order chi connectivity index (χ0) is 10.7. The highest BCUT2D eigenvalue weighted by Crippen LogP contribution is 2.13. The summed E-state index contributed by atoms with van der Waals surface area (Å²) in [5.74, 6) is 0.846. The third kappa shape index (κ3) is 2.34. The van der Waals surface area contributed by atoms with E-state index in [1.54, 1.807) is 6.20 Å². The molecule has 2 rings (SSSR count). The van der Waals surface area contributed by atoms with Crippen LogP contribution in [0.5, 0.6) is 0 Å². The zero-order valence-corrected chi connectivity index (χ0v) is 8.60. The maximum absolute atomic E-state index is 5.45. The molecule has 0 aliphatic heterocycles. The molecule has 0 aliphatic carbocycles. The van der Waals surface area contributed by atoms with E-state index in [1.165, 1.54) is 0 Å². The van der Waals surface area contributed by atoms with Crippen molar-refractivity contribution in [3.63, 3.8) is 0 Å². The van der Waals surface area contributed by atoms with E-state index < -0.39 is 0 Å². The van der Waals surface area contributed by atoms with Crippen molar-refractivity contribution in [3.8, 4) is 0 Å². The van der Waals surface area contributed by atoms with Crippen molar-refractivity contribution < 1.29 is 4.42 Å². The zero-order valence-electron chi connectivity index (χ0n) is 8.60. The number of rotatable bonds is 3. The van der Waals surface area contributed by atoms with Crippen LogP contribution in [0.2, 0.25) is 0 Å². The van der Waals surface area contributed by atoms with Gasteiger partial charge in [-0.2, -0.15) is 4.98 Å². The number of aromatic nitrogens is 2. The van der Waals surface area contributed by atoms with Crippen molar-refractivity contribution in [2.24, 2.45) is 0 Å². The predicted octanol–water partition coefficient (Wildman–Crippen LogP) is 1.75. The first kappa shape index (κ1) is 9.71. The van der Waals surface area contributed by atoms with Crippen LogP contribution in [0.4, 0.5) is 6.01 Å². The molecule has 0 unspecified atom stereocenters. The van der Waals surface area contributed by atoms with E-state index in [-0.39, 0.29) is 6.01 Å². The van der Waals surface area contributed by atoms with Gasteiger partial charge in [0.15, 0.2) is 0 Å². The van der Waals surface area contributed by atoms with Crippen LogP contribution in [-0.4, -0.2) is 9.97 Å². The minimum Gasteiger partial charge on any atom is -0.429 e. The van der Waals surface area contributed by atoms with Gasteiger partial charge in [-0.05, 0) is 25.5 Å². The normalized spacial score (nSPS) is 10.5. The first-order valence-corrected chi connectivity index (χ1v) is 4.87. The molecule has 2 N–H and O–H groups in total. The summed E-state index contributed by atoms with van der Waals surface area (Å²) < 4.78 is 5.27. The second-order valence-electron chi connectivity index (χ2n) is 3.38. The SMILES string of the molecule is Cc1nc(N)oc1CCc1ccccn1. The lowest BCUT2D eigenvalue weighted by Crippen LogP contribution is -1.93. The van der Waals surface area contributed by atoms with Gasteiger partial charge in [-0.3, -0.25) is 4.98 Å². The van der Waals surface area contributed by atoms with E-state index in [9.17, 15) is 0 Å². The molecular formula is C11H13N3O. The van der Waals surface area contributed by atoms with E-state index in [2.05, 4.69) is 9.97 Å². The summed E-state index contributed by atoms with van der Waals surface area (Å²) in [6, 6.07) is 6.11. The van der Waals surface area contributed by atoms with Gasteiger partial charge in [-0.1, -0.05) is 6.07 Å². The van der Waals surface area contributed by atoms with E-state index in [4.69, 9.17) is 10.2 Å². The number of nitrogens with zero attached hydrogens (tertiary/aromatic N) is 2. The molecule has 2 aromatic heterocycles. The van der Waals surface area contributed by atoms with E-state index in [0.29, 0.717) is 0 Å². The van der Waals surface area contributed by atoms with Crippen molar-refractivity contribution in [1.29, 1.82) is 0 Å². The van der Waals surface area contributed by atoms with Crippen LogP contribution in [0, 0.1) is 6.92 Å². The molecule has 0 saturated carbocycles. The Balaban J connectivity index is 2.02. The average Bonchev–Trinajstić information content (AvgIpc) is 2.56. The Morgan fingerprint density at radius 2 is 2.20 bits per heavy atom. The van der Waals surface area contributed by atoms with E-state index in [0.717, 1.165) is 30.0 Å². The van der Waals surface area contributed by atoms with Crippen LogP contribution in [0.3, 0.4) is 0 Å². The summed E-state index contributed by atoms with van der Waals surface area (Å²) in [5.41, 5.74) is 7.37. The first-order chi connectivity index (χ1) is 7.25. The Bertz CT molecular complexity index is 436. The number of hydrogen-bond acceptors (Lipinski definition) is 4. The number of nitrogens with two attached hydrogens (primary N) is 1. The standard InChI is InChI=1S/C11H13N3O/c1-8-10(15-11(12)14-8)6-5-9-4-2-3-7-13-9/h2-4,7H,5-6H2,1H3,(H2,12,14). The van der Waals surface area contributed by atoms with Crippen molar-refractivity contribution in [2.75, 3.05) is 5.73 Å². The van der Waals surface area contributed by atoms with Crippen LogP contribution in [0.1, 0.15) is 17.1 Å². The summed E-state index contributed by atoms with van der Waals surface area (Å²) in [5, 5.41) is 0. The number of pyridine rings is 1. The molecule has 2 heterocycles. The smallest absolute Gasteiger partial charge is 0.292 e. The second kappa shape index (κ2) is 4.13. The van der Waals surface area contributed by atoms with Gasteiger partial charge in [0.2, 0.25) is 0 Å². The topological polar surface area (TPSA) is 64.9 Å². The monoisotopic (exact) mass is 203 g/mol.